The third-order valence-electron chi connectivity index (χ3n) is 5.68. The van der Waals surface area contributed by atoms with Crippen molar-refractivity contribution in [3.05, 3.63) is 59.3 Å². The van der Waals surface area contributed by atoms with Crippen molar-refractivity contribution in [1.82, 2.24) is 34.4 Å². The van der Waals surface area contributed by atoms with Crippen LogP contribution in [0.5, 0.6) is 0 Å². The smallest absolute Gasteiger partial charge is 0.163 e. The van der Waals surface area contributed by atoms with Gasteiger partial charge in [0.15, 0.2) is 5.65 Å². The number of benzene rings is 1. The molecule has 154 valence electrons. The molecule has 0 bridgehead atoms. The van der Waals surface area contributed by atoms with Crippen molar-refractivity contribution in [2.24, 2.45) is 7.05 Å². The van der Waals surface area contributed by atoms with Gasteiger partial charge in [-0.1, -0.05) is 29.8 Å². The van der Waals surface area contributed by atoms with Gasteiger partial charge in [0.2, 0.25) is 0 Å². The van der Waals surface area contributed by atoms with Gasteiger partial charge in [0.1, 0.15) is 17.3 Å². The highest BCUT2D eigenvalue weighted by molar-refractivity contribution is 6.30. The van der Waals surface area contributed by atoms with E-state index in [-0.39, 0.29) is 0 Å². The molecule has 1 aliphatic rings. The van der Waals surface area contributed by atoms with E-state index in [9.17, 15) is 0 Å². The second kappa shape index (κ2) is 7.70. The molecule has 0 saturated carbocycles. The van der Waals surface area contributed by atoms with E-state index in [0.717, 1.165) is 66.5 Å². The number of halogens is 1. The van der Waals surface area contributed by atoms with E-state index in [1.54, 1.807) is 11.0 Å². The first kappa shape index (κ1) is 19.0. The summed E-state index contributed by atoms with van der Waals surface area (Å²) in [5, 5.41) is 10.7. The topological polar surface area (TPSA) is 67.9 Å². The Labute approximate surface area is 179 Å². The third kappa shape index (κ3) is 3.32. The van der Waals surface area contributed by atoms with E-state index >= 15 is 0 Å². The summed E-state index contributed by atoms with van der Waals surface area (Å²) in [6.45, 7) is 6.46. The Balaban J connectivity index is 1.31. The van der Waals surface area contributed by atoms with Crippen molar-refractivity contribution in [3.63, 3.8) is 0 Å². The van der Waals surface area contributed by atoms with Crippen LogP contribution in [0.25, 0.3) is 16.7 Å². The molecule has 3 aromatic heterocycles. The molecule has 0 N–H and O–H groups in total. The third-order valence-corrected chi connectivity index (χ3v) is 6.07. The van der Waals surface area contributed by atoms with Crippen molar-refractivity contribution in [3.8, 4) is 5.69 Å². The Morgan fingerprint density at radius 1 is 1.03 bits per heavy atom. The summed E-state index contributed by atoms with van der Waals surface area (Å²) in [5.41, 5.74) is 3.90. The summed E-state index contributed by atoms with van der Waals surface area (Å²) in [4.78, 5) is 13.6. The molecule has 1 aromatic carbocycles. The van der Waals surface area contributed by atoms with Crippen LogP contribution in [-0.4, -0.2) is 60.6 Å². The molecule has 30 heavy (non-hydrogen) atoms. The SMILES string of the molecule is Cc1nn(-c2ccccc2)c(Cl)c1CN1CCN(c2ncnc3c2cnn3C)CC1. The van der Waals surface area contributed by atoms with E-state index in [1.807, 2.05) is 55.2 Å². The van der Waals surface area contributed by atoms with Crippen molar-refractivity contribution >= 4 is 28.5 Å². The fourth-order valence-electron chi connectivity index (χ4n) is 3.99. The number of anilines is 1. The number of nitrogens with zero attached hydrogens (tertiary/aromatic N) is 8. The van der Waals surface area contributed by atoms with Gasteiger partial charge in [-0.2, -0.15) is 10.2 Å². The first-order valence-electron chi connectivity index (χ1n) is 10.0. The molecule has 0 aliphatic carbocycles. The minimum Gasteiger partial charge on any atom is -0.353 e. The Morgan fingerprint density at radius 2 is 1.80 bits per heavy atom. The lowest BCUT2D eigenvalue weighted by molar-refractivity contribution is 0.249. The molecule has 0 spiro atoms. The van der Waals surface area contributed by atoms with E-state index in [1.165, 1.54) is 0 Å². The average Bonchev–Trinajstić information content (AvgIpc) is 3.30. The highest BCUT2D eigenvalue weighted by Gasteiger charge is 2.23. The maximum atomic E-state index is 6.71. The number of aromatic nitrogens is 6. The molecule has 4 heterocycles. The fourth-order valence-corrected chi connectivity index (χ4v) is 4.33. The van der Waals surface area contributed by atoms with Crippen LogP contribution in [-0.2, 0) is 13.6 Å². The van der Waals surface area contributed by atoms with Gasteiger partial charge in [-0.05, 0) is 19.1 Å². The first-order valence-corrected chi connectivity index (χ1v) is 10.4. The summed E-state index contributed by atoms with van der Waals surface area (Å²) in [6.07, 6.45) is 3.46. The molecule has 1 saturated heterocycles. The molecule has 0 atom stereocenters. The minimum absolute atomic E-state index is 0.689. The Morgan fingerprint density at radius 3 is 2.57 bits per heavy atom. The van der Waals surface area contributed by atoms with Crippen LogP contribution < -0.4 is 4.90 Å². The number of hydrogen-bond donors (Lipinski definition) is 0. The van der Waals surface area contributed by atoms with Gasteiger partial charge in [-0.15, -0.1) is 0 Å². The van der Waals surface area contributed by atoms with Gasteiger partial charge in [0.05, 0.1) is 23.0 Å². The Hall–Kier alpha value is -2.97. The molecule has 9 heteroatoms. The number of para-hydroxylation sites is 1. The van der Waals surface area contributed by atoms with Gasteiger partial charge in [-0.3, -0.25) is 9.58 Å². The van der Waals surface area contributed by atoms with Crippen molar-refractivity contribution in [2.75, 3.05) is 31.1 Å². The average molecular weight is 423 g/mol. The van der Waals surface area contributed by atoms with E-state index < -0.39 is 0 Å². The summed E-state index contributed by atoms with van der Waals surface area (Å²) in [6, 6.07) is 10.0. The lowest BCUT2D eigenvalue weighted by Gasteiger charge is -2.35. The van der Waals surface area contributed by atoms with Crippen molar-refractivity contribution in [1.29, 1.82) is 0 Å². The summed E-state index contributed by atoms with van der Waals surface area (Å²) < 4.78 is 3.61. The molecule has 5 rings (SSSR count). The lowest BCUT2D eigenvalue weighted by atomic mass is 10.2. The number of rotatable bonds is 4. The predicted molar refractivity (Wildman–Crippen MR) is 117 cm³/mol. The van der Waals surface area contributed by atoms with E-state index in [4.69, 9.17) is 11.6 Å². The number of aryl methyl sites for hydroxylation is 2. The standard InChI is InChI=1S/C21H23ClN8/c1-15-18(19(22)30(26-15)16-6-4-3-5-7-16)13-28-8-10-29(11-9-28)21-17-12-25-27(2)20(17)23-14-24-21/h3-7,12,14H,8-11,13H2,1-2H3. The normalized spacial score (nSPS) is 15.2. The van der Waals surface area contributed by atoms with Crippen LogP contribution in [0.2, 0.25) is 5.15 Å². The molecular formula is C21H23ClN8. The summed E-state index contributed by atoms with van der Waals surface area (Å²) in [7, 11) is 1.90. The van der Waals surface area contributed by atoms with Crippen LogP contribution in [0.4, 0.5) is 5.82 Å². The lowest BCUT2D eigenvalue weighted by Crippen LogP contribution is -2.46. The van der Waals surface area contributed by atoms with Crippen LogP contribution >= 0.6 is 11.6 Å². The van der Waals surface area contributed by atoms with E-state index in [2.05, 4.69) is 30.0 Å². The van der Waals surface area contributed by atoms with Gasteiger partial charge >= 0.3 is 0 Å². The number of hydrogen-bond acceptors (Lipinski definition) is 6. The van der Waals surface area contributed by atoms with E-state index in [0.29, 0.717) is 5.15 Å². The molecule has 1 fully saturated rings. The zero-order chi connectivity index (χ0) is 20.7. The molecule has 0 unspecified atom stereocenters. The van der Waals surface area contributed by atoms with Crippen molar-refractivity contribution in [2.45, 2.75) is 13.5 Å². The monoisotopic (exact) mass is 422 g/mol. The molecule has 1 aliphatic heterocycles. The highest BCUT2D eigenvalue weighted by atomic mass is 35.5. The summed E-state index contributed by atoms with van der Waals surface area (Å²) in [5.74, 6) is 0.957. The Bertz CT molecular complexity index is 1170. The van der Waals surface area contributed by atoms with Gasteiger partial charge in [-0.25, -0.2) is 14.6 Å². The maximum Gasteiger partial charge on any atom is 0.163 e. The predicted octanol–water partition coefficient (Wildman–Crippen LogP) is 2.83. The zero-order valence-electron chi connectivity index (χ0n) is 17.0. The minimum atomic E-state index is 0.689. The quantitative estimate of drug-likeness (QED) is 0.503. The second-order valence-electron chi connectivity index (χ2n) is 7.57. The van der Waals surface area contributed by atoms with Crippen LogP contribution in [0.15, 0.2) is 42.9 Å². The largest absolute Gasteiger partial charge is 0.353 e. The first-order chi connectivity index (χ1) is 14.6. The summed E-state index contributed by atoms with van der Waals surface area (Å²) >= 11 is 6.71. The van der Waals surface area contributed by atoms with Gasteiger partial charge in [0, 0.05) is 45.3 Å². The number of fused-ring (bicyclic) bond motifs is 1. The molecular weight excluding hydrogens is 400 g/mol. The molecule has 8 nitrogen and oxygen atoms in total. The van der Waals surface area contributed by atoms with Crippen LogP contribution in [0.1, 0.15) is 11.3 Å². The van der Waals surface area contributed by atoms with Crippen LogP contribution in [0, 0.1) is 6.92 Å². The molecule has 0 amide bonds. The van der Waals surface area contributed by atoms with Gasteiger partial charge < -0.3 is 4.90 Å². The highest BCUT2D eigenvalue weighted by Crippen LogP contribution is 2.27. The van der Waals surface area contributed by atoms with Crippen molar-refractivity contribution < 1.29 is 0 Å². The van der Waals surface area contributed by atoms with Crippen LogP contribution in [0.3, 0.4) is 0 Å². The molecule has 4 aromatic rings. The van der Waals surface area contributed by atoms with Gasteiger partial charge in [0.25, 0.3) is 0 Å². The fraction of sp³-hybridized carbons (Fsp3) is 0.333. The second-order valence-corrected chi connectivity index (χ2v) is 7.93. The zero-order valence-corrected chi connectivity index (χ0v) is 17.8. The maximum absolute atomic E-state index is 6.71. The Kier molecular flexibility index (Phi) is 4.88. The number of piperazine rings is 1. The molecule has 0 radical (unpaired) electrons.